The maximum absolute atomic E-state index is 13.5. The van der Waals surface area contributed by atoms with Crippen molar-refractivity contribution in [3.63, 3.8) is 0 Å². The van der Waals surface area contributed by atoms with Crippen LogP contribution in [0.25, 0.3) is 0 Å². The van der Waals surface area contributed by atoms with Gasteiger partial charge in [0.15, 0.2) is 17.4 Å². The Morgan fingerprint density at radius 1 is 1.05 bits per heavy atom. The molecule has 0 spiro atoms. The molecule has 0 unspecified atom stereocenters. The lowest BCUT2D eigenvalue weighted by atomic mass is 10.2. The average molecular weight is 301 g/mol. The number of benzene rings is 2. The van der Waals surface area contributed by atoms with Crippen molar-refractivity contribution < 1.29 is 22.7 Å². The molecule has 0 heterocycles. The smallest absolute Gasteiger partial charge is 0.191 e. The number of carbonyl (C=O) groups excluding carboxylic acids is 1. The van der Waals surface area contributed by atoms with Crippen LogP contribution < -0.4 is 4.74 Å². The van der Waals surface area contributed by atoms with Crippen molar-refractivity contribution in [2.45, 2.75) is 6.61 Å². The molecule has 0 bridgehead atoms. The minimum Gasteiger partial charge on any atom is -0.483 e. The number of hydrogen-bond donors (Lipinski definition) is 0. The van der Waals surface area contributed by atoms with Crippen LogP contribution in [0, 0.1) is 17.5 Å². The number of rotatable bonds is 4. The average Bonchev–Trinajstić information content (AvgIpc) is 2.41. The second kappa shape index (κ2) is 5.96. The van der Waals surface area contributed by atoms with Crippen LogP contribution in [0.3, 0.4) is 0 Å². The number of ether oxygens (including phenoxy) is 1. The van der Waals surface area contributed by atoms with Crippen molar-refractivity contribution in [3.05, 3.63) is 63.9 Å². The van der Waals surface area contributed by atoms with Gasteiger partial charge in [0.1, 0.15) is 18.7 Å². The van der Waals surface area contributed by atoms with Crippen LogP contribution in [0.15, 0.2) is 30.3 Å². The predicted molar refractivity (Wildman–Crippen MR) is 67.5 cm³/mol. The lowest BCUT2D eigenvalue weighted by Crippen LogP contribution is -2.01. The molecule has 2 aromatic carbocycles. The van der Waals surface area contributed by atoms with Crippen LogP contribution in [0.5, 0.6) is 5.75 Å². The largest absolute Gasteiger partial charge is 0.483 e. The first-order valence-corrected chi connectivity index (χ1v) is 5.90. The van der Waals surface area contributed by atoms with Gasteiger partial charge in [-0.05, 0) is 29.8 Å². The van der Waals surface area contributed by atoms with Crippen molar-refractivity contribution >= 4 is 17.9 Å². The van der Waals surface area contributed by atoms with Gasteiger partial charge in [0, 0.05) is 5.56 Å². The van der Waals surface area contributed by atoms with Crippen molar-refractivity contribution in [2.24, 2.45) is 0 Å². The SMILES string of the molecule is O=Cc1cc(F)c(OCc2ccc(F)c(Cl)c2)c(F)c1. The molecule has 0 aliphatic carbocycles. The van der Waals surface area contributed by atoms with E-state index in [1.165, 1.54) is 12.1 Å². The summed E-state index contributed by atoms with van der Waals surface area (Å²) >= 11 is 5.58. The highest BCUT2D eigenvalue weighted by Gasteiger charge is 2.13. The molecule has 6 heteroatoms. The van der Waals surface area contributed by atoms with E-state index in [-0.39, 0.29) is 17.2 Å². The summed E-state index contributed by atoms with van der Waals surface area (Å²) in [6.45, 7) is -0.186. The van der Waals surface area contributed by atoms with Gasteiger partial charge in [-0.15, -0.1) is 0 Å². The van der Waals surface area contributed by atoms with Gasteiger partial charge in [-0.25, -0.2) is 13.2 Å². The van der Waals surface area contributed by atoms with E-state index in [4.69, 9.17) is 16.3 Å². The first kappa shape index (κ1) is 14.4. The van der Waals surface area contributed by atoms with Crippen LogP contribution in [-0.2, 0) is 6.61 Å². The molecule has 0 aliphatic rings. The van der Waals surface area contributed by atoms with Gasteiger partial charge in [-0.1, -0.05) is 17.7 Å². The maximum Gasteiger partial charge on any atom is 0.191 e. The highest BCUT2D eigenvalue weighted by atomic mass is 35.5. The Kier molecular flexibility index (Phi) is 4.29. The second-order valence-corrected chi connectivity index (χ2v) is 4.38. The van der Waals surface area contributed by atoms with E-state index in [0.29, 0.717) is 11.8 Å². The number of aldehydes is 1. The Hall–Kier alpha value is -2.01. The normalized spacial score (nSPS) is 10.4. The highest BCUT2D eigenvalue weighted by Crippen LogP contribution is 2.24. The number of halogens is 4. The van der Waals surface area contributed by atoms with E-state index in [0.717, 1.165) is 18.2 Å². The Labute approximate surface area is 117 Å². The lowest BCUT2D eigenvalue weighted by Gasteiger charge is -2.09. The number of carbonyl (C=O) groups is 1. The zero-order valence-electron chi connectivity index (χ0n) is 10.00. The van der Waals surface area contributed by atoms with E-state index in [1.807, 2.05) is 0 Å². The molecule has 0 fully saturated rings. The molecule has 20 heavy (non-hydrogen) atoms. The molecule has 104 valence electrons. The Bertz CT molecular complexity index is 636. The third-order valence-electron chi connectivity index (χ3n) is 2.52. The molecule has 0 radical (unpaired) electrons. The predicted octanol–water partition coefficient (Wildman–Crippen LogP) is 4.15. The molecule has 0 N–H and O–H groups in total. The number of hydrogen-bond acceptors (Lipinski definition) is 2. The first-order chi connectivity index (χ1) is 9.51. The van der Waals surface area contributed by atoms with E-state index in [9.17, 15) is 18.0 Å². The molecule has 0 aliphatic heterocycles. The van der Waals surface area contributed by atoms with Gasteiger partial charge < -0.3 is 4.74 Å². The van der Waals surface area contributed by atoms with Crippen LogP contribution in [-0.4, -0.2) is 6.29 Å². The van der Waals surface area contributed by atoms with Crippen LogP contribution in [0.2, 0.25) is 5.02 Å². The molecule has 0 saturated heterocycles. The van der Waals surface area contributed by atoms with Gasteiger partial charge in [0.25, 0.3) is 0 Å². The molecular formula is C14H8ClF3O2. The Morgan fingerprint density at radius 2 is 1.70 bits per heavy atom. The van der Waals surface area contributed by atoms with Crippen LogP contribution in [0.4, 0.5) is 13.2 Å². The minimum absolute atomic E-state index is 0.108. The standard InChI is InChI=1S/C14H8ClF3O2/c15-10-3-8(1-2-11(10)16)7-20-14-12(17)4-9(6-19)5-13(14)18/h1-6H,7H2. The minimum atomic E-state index is -0.986. The van der Waals surface area contributed by atoms with Crippen molar-refractivity contribution in [1.29, 1.82) is 0 Å². The Balaban J connectivity index is 2.18. The van der Waals surface area contributed by atoms with E-state index < -0.39 is 23.2 Å². The summed E-state index contributed by atoms with van der Waals surface area (Å²) in [4.78, 5) is 10.4. The summed E-state index contributed by atoms with van der Waals surface area (Å²) in [6, 6.07) is 5.54. The highest BCUT2D eigenvalue weighted by molar-refractivity contribution is 6.30. The molecule has 2 nitrogen and oxygen atoms in total. The summed E-state index contributed by atoms with van der Waals surface area (Å²) in [6.07, 6.45) is 0.329. The van der Waals surface area contributed by atoms with Crippen molar-refractivity contribution in [3.8, 4) is 5.75 Å². The van der Waals surface area contributed by atoms with E-state index in [2.05, 4.69) is 0 Å². The van der Waals surface area contributed by atoms with Gasteiger partial charge in [-0.2, -0.15) is 0 Å². The summed E-state index contributed by atoms with van der Waals surface area (Å²) in [7, 11) is 0. The topological polar surface area (TPSA) is 26.3 Å². The molecular weight excluding hydrogens is 293 g/mol. The molecule has 2 rings (SSSR count). The zero-order valence-corrected chi connectivity index (χ0v) is 10.8. The third-order valence-corrected chi connectivity index (χ3v) is 2.81. The molecule has 0 amide bonds. The molecule has 0 aromatic heterocycles. The van der Waals surface area contributed by atoms with E-state index >= 15 is 0 Å². The maximum atomic E-state index is 13.5. The fourth-order valence-electron chi connectivity index (χ4n) is 1.57. The fourth-order valence-corrected chi connectivity index (χ4v) is 1.77. The van der Waals surface area contributed by atoms with Gasteiger partial charge in [-0.3, -0.25) is 4.79 Å². The first-order valence-electron chi connectivity index (χ1n) is 5.52. The van der Waals surface area contributed by atoms with Gasteiger partial charge >= 0.3 is 0 Å². The van der Waals surface area contributed by atoms with E-state index in [1.54, 1.807) is 0 Å². The van der Waals surface area contributed by atoms with Crippen LogP contribution >= 0.6 is 11.6 Å². The monoisotopic (exact) mass is 300 g/mol. The quantitative estimate of drug-likeness (QED) is 0.793. The fraction of sp³-hybridized carbons (Fsp3) is 0.0714. The summed E-state index contributed by atoms with van der Waals surface area (Å²) in [5.74, 6) is -3.17. The second-order valence-electron chi connectivity index (χ2n) is 3.97. The van der Waals surface area contributed by atoms with Gasteiger partial charge in [0.05, 0.1) is 5.02 Å². The van der Waals surface area contributed by atoms with Crippen molar-refractivity contribution in [2.75, 3.05) is 0 Å². The van der Waals surface area contributed by atoms with Crippen molar-refractivity contribution in [1.82, 2.24) is 0 Å². The summed E-state index contributed by atoms with van der Waals surface area (Å²) in [5, 5.41) is -0.108. The van der Waals surface area contributed by atoms with Crippen LogP contribution in [0.1, 0.15) is 15.9 Å². The lowest BCUT2D eigenvalue weighted by molar-refractivity contribution is 0.112. The summed E-state index contributed by atoms with van der Waals surface area (Å²) in [5.41, 5.74) is 0.326. The zero-order chi connectivity index (χ0) is 14.7. The van der Waals surface area contributed by atoms with Gasteiger partial charge in [0.2, 0.25) is 0 Å². The third kappa shape index (κ3) is 3.11. The molecule has 2 aromatic rings. The molecule has 0 saturated carbocycles. The summed E-state index contributed by atoms with van der Waals surface area (Å²) < 4.78 is 45.0. The Morgan fingerprint density at radius 3 is 2.25 bits per heavy atom. The molecule has 0 atom stereocenters.